The zero-order valence-corrected chi connectivity index (χ0v) is 20.2. The Morgan fingerprint density at radius 3 is 2.19 bits per heavy atom. The molecule has 2 heterocycles. The van der Waals surface area contributed by atoms with Gasteiger partial charge in [0.15, 0.2) is 0 Å². The fourth-order valence-corrected chi connectivity index (χ4v) is 4.28. The van der Waals surface area contributed by atoms with Crippen LogP contribution in [-0.2, 0) is 6.54 Å². The van der Waals surface area contributed by atoms with E-state index >= 15 is 0 Å². The molecule has 1 aliphatic rings. The topological polar surface area (TPSA) is 28.2 Å². The van der Waals surface area contributed by atoms with E-state index in [0.717, 1.165) is 25.3 Å². The molecular formula is C26H33Cl2N3. The number of hydrogen-bond donors (Lipinski definition) is 1. The Hall–Kier alpha value is -2.07. The molecule has 0 aliphatic carbocycles. The number of benzene rings is 2. The molecule has 3 aromatic rings. The number of hydrogen-bond acceptors (Lipinski definition) is 3. The summed E-state index contributed by atoms with van der Waals surface area (Å²) in [6, 6.07) is 20.4. The molecule has 31 heavy (non-hydrogen) atoms. The first-order valence-electron chi connectivity index (χ1n) is 10.7. The molecule has 1 aromatic heterocycles. The number of piperidine rings is 1. The summed E-state index contributed by atoms with van der Waals surface area (Å²) in [5.41, 5.74) is 8.91. The highest BCUT2D eigenvalue weighted by Crippen LogP contribution is 2.27. The van der Waals surface area contributed by atoms with Crippen molar-refractivity contribution in [3.05, 3.63) is 83.0 Å². The lowest BCUT2D eigenvalue weighted by atomic mass is 9.98. The van der Waals surface area contributed by atoms with Gasteiger partial charge in [0.25, 0.3) is 0 Å². The van der Waals surface area contributed by atoms with Crippen LogP contribution in [0.1, 0.15) is 35.1 Å². The van der Waals surface area contributed by atoms with E-state index in [1.165, 1.54) is 46.3 Å². The van der Waals surface area contributed by atoms with Crippen molar-refractivity contribution in [2.75, 3.05) is 18.0 Å². The lowest BCUT2D eigenvalue weighted by Gasteiger charge is -2.36. The Balaban J connectivity index is 0.00000171. The van der Waals surface area contributed by atoms with Crippen LogP contribution < -0.4 is 10.2 Å². The Kier molecular flexibility index (Phi) is 9.36. The third kappa shape index (κ3) is 6.00. The van der Waals surface area contributed by atoms with Crippen molar-refractivity contribution in [1.82, 2.24) is 10.3 Å². The van der Waals surface area contributed by atoms with Crippen molar-refractivity contribution in [2.45, 2.75) is 46.2 Å². The molecule has 0 amide bonds. The summed E-state index contributed by atoms with van der Waals surface area (Å²) in [5, 5.41) is 3.49. The number of aryl methyl sites for hydroxylation is 2. The second-order valence-corrected chi connectivity index (χ2v) is 8.23. The third-order valence-electron chi connectivity index (χ3n) is 6.24. The van der Waals surface area contributed by atoms with E-state index in [0.29, 0.717) is 6.04 Å². The van der Waals surface area contributed by atoms with Gasteiger partial charge >= 0.3 is 0 Å². The Morgan fingerprint density at radius 2 is 1.55 bits per heavy atom. The minimum Gasteiger partial charge on any atom is -0.364 e. The number of aromatic nitrogens is 1. The number of nitrogens with zero attached hydrogens (tertiary/aromatic N) is 2. The lowest BCUT2D eigenvalue weighted by Crippen LogP contribution is -2.43. The van der Waals surface area contributed by atoms with Crippen LogP contribution in [0, 0.1) is 20.8 Å². The van der Waals surface area contributed by atoms with Gasteiger partial charge in [0.05, 0.1) is 5.69 Å². The zero-order chi connectivity index (χ0) is 20.2. The maximum absolute atomic E-state index is 4.69. The standard InChI is InChI=1S/C26H31N3.2ClH/c1-19-15-23(16-20(2)21(19)3)26-17-22(9-14-28-26)18-29(24-7-5-4-6-8-24)25-10-12-27-13-11-25;;/h4-9,14-17,25,27H,10-13,18H2,1-3H3;2*1H. The first-order valence-corrected chi connectivity index (χ1v) is 10.7. The monoisotopic (exact) mass is 457 g/mol. The number of nitrogens with one attached hydrogen (secondary N) is 1. The van der Waals surface area contributed by atoms with E-state index in [1.54, 1.807) is 0 Å². The number of rotatable bonds is 5. The predicted molar refractivity (Wildman–Crippen MR) is 137 cm³/mol. The molecule has 4 rings (SSSR count). The van der Waals surface area contributed by atoms with Crippen molar-refractivity contribution in [3.8, 4) is 11.3 Å². The average Bonchev–Trinajstić information content (AvgIpc) is 2.77. The summed E-state index contributed by atoms with van der Waals surface area (Å²) in [5.74, 6) is 0. The molecule has 0 unspecified atom stereocenters. The predicted octanol–water partition coefficient (Wildman–Crippen LogP) is 6.28. The van der Waals surface area contributed by atoms with Gasteiger partial charge < -0.3 is 10.2 Å². The van der Waals surface area contributed by atoms with Crippen molar-refractivity contribution in [2.24, 2.45) is 0 Å². The number of pyridine rings is 1. The fraction of sp³-hybridized carbons (Fsp3) is 0.346. The number of halogens is 2. The summed E-state index contributed by atoms with van der Waals surface area (Å²) < 4.78 is 0. The van der Waals surface area contributed by atoms with Gasteiger partial charge in [-0.3, -0.25) is 4.98 Å². The van der Waals surface area contributed by atoms with E-state index in [4.69, 9.17) is 0 Å². The quantitative estimate of drug-likeness (QED) is 0.488. The highest BCUT2D eigenvalue weighted by atomic mass is 35.5. The first kappa shape index (κ1) is 25.2. The van der Waals surface area contributed by atoms with Crippen molar-refractivity contribution < 1.29 is 0 Å². The Labute approximate surface area is 199 Å². The molecule has 1 aliphatic heterocycles. The largest absolute Gasteiger partial charge is 0.364 e. The summed E-state index contributed by atoms with van der Waals surface area (Å²) >= 11 is 0. The summed E-state index contributed by atoms with van der Waals surface area (Å²) in [6.07, 6.45) is 4.33. The van der Waals surface area contributed by atoms with E-state index in [-0.39, 0.29) is 24.8 Å². The van der Waals surface area contributed by atoms with Gasteiger partial charge in [-0.05, 0) is 105 Å². The molecule has 0 spiro atoms. The lowest BCUT2D eigenvalue weighted by molar-refractivity contribution is 0.428. The van der Waals surface area contributed by atoms with Crippen LogP contribution in [0.4, 0.5) is 5.69 Å². The molecule has 2 aromatic carbocycles. The molecule has 1 N–H and O–H groups in total. The van der Waals surface area contributed by atoms with E-state index in [9.17, 15) is 0 Å². The van der Waals surface area contributed by atoms with Gasteiger partial charge in [-0.25, -0.2) is 0 Å². The van der Waals surface area contributed by atoms with Gasteiger partial charge in [0, 0.05) is 30.0 Å². The van der Waals surface area contributed by atoms with Crippen LogP contribution in [-0.4, -0.2) is 24.1 Å². The smallest absolute Gasteiger partial charge is 0.0705 e. The summed E-state index contributed by atoms with van der Waals surface area (Å²) in [4.78, 5) is 7.26. The van der Waals surface area contributed by atoms with Gasteiger partial charge in [-0.15, -0.1) is 24.8 Å². The van der Waals surface area contributed by atoms with Crippen LogP contribution in [0.2, 0.25) is 0 Å². The molecule has 5 heteroatoms. The average molecular weight is 458 g/mol. The van der Waals surface area contributed by atoms with Crippen molar-refractivity contribution in [1.29, 1.82) is 0 Å². The zero-order valence-electron chi connectivity index (χ0n) is 18.6. The van der Waals surface area contributed by atoms with Crippen molar-refractivity contribution >= 4 is 30.5 Å². The SMILES string of the molecule is Cc1cc(-c2cc(CN(c3ccccc3)C3CCNCC3)ccn2)cc(C)c1C.Cl.Cl. The third-order valence-corrected chi connectivity index (χ3v) is 6.24. The molecule has 0 atom stereocenters. The second kappa shape index (κ2) is 11.5. The Bertz CT molecular complexity index is 946. The molecule has 3 nitrogen and oxygen atoms in total. The molecular weight excluding hydrogens is 425 g/mol. The van der Waals surface area contributed by atoms with Crippen LogP contribution in [0.5, 0.6) is 0 Å². The minimum absolute atomic E-state index is 0. The fourth-order valence-electron chi connectivity index (χ4n) is 4.28. The first-order chi connectivity index (χ1) is 14.1. The van der Waals surface area contributed by atoms with Crippen LogP contribution in [0.3, 0.4) is 0 Å². The number of anilines is 1. The van der Waals surface area contributed by atoms with Gasteiger partial charge in [0.1, 0.15) is 0 Å². The maximum Gasteiger partial charge on any atom is 0.0705 e. The van der Waals surface area contributed by atoms with E-state index in [1.807, 2.05) is 6.20 Å². The molecule has 166 valence electrons. The van der Waals surface area contributed by atoms with Crippen LogP contribution >= 0.6 is 24.8 Å². The van der Waals surface area contributed by atoms with E-state index < -0.39 is 0 Å². The Morgan fingerprint density at radius 1 is 0.903 bits per heavy atom. The van der Waals surface area contributed by atoms with Crippen molar-refractivity contribution in [3.63, 3.8) is 0 Å². The molecule has 0 saturated carbocycles. The highest BCUT2D eigenvalue weighted by molar-refractivity contribution is 5.85. The maximum atomic E-state index is 4.69. The second-order valence-electron chi connectivity index (χ2n) is 8.23. The summed E-state index contributed by atoms with van der Waals surface area (Å²) in [7, 11) is 0. The highest BCUT2D eigenvalue weighted by Gasteiger charge is 2.21. The van der Waals surface area contributed by atoms with Gasteiger partial charge in [0.2, 0.25) is 0 Å². The van der Waals surface area contributed by atoms with E-state index in [2.05, 4.69) is 90.6 Å². The number of para-hydroxylation sites is 1. The molecule has 0 bridgehead atoms. The van der Waals surface area contributed by atoms with Crippen LogP contribution in [0.25, 0.3) is 11.3 Å². The minimum atomic E-state index is 0. The normalized spacial score (nSPS) is 13.8. The molecule has 1 fully saturated rings. The van der Waals surface area contributed by atoms with Gasteiger partial charge in [-0.1, -0.05) is 18.2 Å². The van der Waals surface area contributed by atoms with Crippen LogP contribution in [0.15, 0.2) is 60.8 Å². The summed E-state index contributed by atoms with van der Waals surface area (Å²) in [6.45, 7) is 9.66. The molecule has 1 saturated heterocycles. The van der Waals surface area contributed by atoms with Gasteiger partial charge in [-0.2, -0.15) is 0 Å². The molecule has 0 radical (unpaired) electrons.